The summed E-state index contributed by atoms with van der Waals surface area (Å²) in [5.41, 5.74) is 5.75. The molecular weight excluding hydrogens is 362 g/mol. The Balaban J connectivity index is 1.40. The van der Waals surface area contributed by atoms with Gasteiger partial charge in [0.2, 0.25) is 5.91 Å². The molecule has 0 radical (unpaired) electrons. The topological polar surface area (TPSA) is 64.2 Å². The summed E-state index contributed by atoms with van der Waals surface area (Å²) < 4.78 is 4.24. The summed E-state index contributed by atoms with van der Waals surface area (Å²) >= 11 is 0. The van der Waals surface area contributed by atoms with Crippen LogP contribution < -0.4 is 5.32 Å². The molecule has 0 saturated heterocycles. The number of aryl methyl sites for hydroxylation is 2. The third-order valence-electron chi connectivity index (χ3n) is 5.51. The van der Waals surface area contributed by atoms with Crippen LogP contribution in [-0.4, -0.2) is 24.8 Å². The highest BCUT2D eigenvalue weighted by atomic mass is 16.1. The van der Waals surface area contributed by atoms with Crippen molar-refractivity contribution in [2.75, 3.05) is 5.32 Å². The summed E-state index contributed by atoms with van der Waals surface area (Å²) in [6, 6.07) is 11.9. The Morgan fingerprint density at radius 2 is 2.07 bits per heavy atom. The zero-order valence-corrected chi connectivity index (χ0v) is 16.4. The minimum atomic E-state index is -0.0797. The van der Waals surface area contributed by atoms with Gasteiger partial charge in [0.15, 0.2) is 0 Å². The molecule has 3 aromatic heterocycles. The number of pyridine rings is 1. The lowest BCUT2D eigenvalue weighted by Crippen LogP contribution is -2.16. The molecule has 1 N–H and O–H groups in total. The molecular formula is C23H23N5O. The average molecular weight is 385 g/mol. The van der Waals surface area contributed by atoms with Gasteiger partial charge in [-0.15, -0.1) is 0 Å². The Morgan fingerprint density at radius 3 is 2.97 bits per heavy atom. The number of nitrogens with zero attached hydrogens (tertiary/aromatic N) is 4. The number of imidazole rings is 2. The summed E-state index contributed by atoms with van der Waals surface area (Å²) in [6.07, 6.45) is 9.50. The van der Waals surface area contributed by atoms with Crippen LogP contribution in [0.4, 0.5) is 5.69 Å². The number of hydrogen-bond donors (Lipinski definition) is 1. The molecule has 0 bridgehead atoms. The first-order valence-electron chi connectivity index (χ1n) is 10.1. The van der Waals surface area contributed by atoms with E-state index >= 15 is 0 Å². The molecule has 0 saturated carbocycles. The van der Waals surface area contributed by atoms with Crippen LogP contribution in [0.3, 0.4) is 0 Å². The number of aromatic nitrogens is 4. The lowest BCUT2D eigenvalue weighted by atomic mass is 10.1. The van der Waals surface area contributed by atoms with E-state index in [0.717, 1.165) is 53.4 Å². The zero-order valence-electron chi connectivity index (χ0n) is 16.4. The lowest BCUT2D eigenvalue weighted by molar-refractivity contribution is -0.115. The molecule has 0 unspecified atom stereocenters. The summed E-state index contributed by atoms with van der Waals surface area (Å²) in [4.78, 5) is 22.0. The molecule has 0 atom stereocenters. The fourth-order valence-electron chi connectivity index (χ4n) is 4.09. The van der Waals surface area contributed by atoms with Gasteiger partial charge in [0.25, 0.3) is 0 Å². The highest BCUT2D eigenvalue weighted by Crippen LogP contribution is 2.30. The van der Waals surface area contributed by atoms with Crippen molar-refractivity contribution < 1.29 is 4.79 Å². The molecule has 4 aromatic rings. The van der Waals surface area contributed by atoms with Gasteiger partial charge >= 0.3 is 0 Å². The Morgan fingerprint density at radius 1 is 1.17 bits per heavy atom. The predicted octanol–water partition coefficient (Wildman–Crippen LogP) is 4.02. The van der Waals surface area contributed by atoms with E-state index in [1.807, 2.05) is 66.3 Å². The third-order valence-corrected chi connectivity index (χ3v) is 5.51. The highest BCUT2D eigenvalue weighted by molar-refractivity contribution is 5.95. The van der Waals surface area contributed by atoms with Crippen LogP contribution in [0.1, 0.15) is 29.8 Å². The van der Waals surface area contributed by atoms with E-state index in [2.05, 4.69) is 19.9 Å². The minimum Gasteiger partial charge on any atom is -0.328 e. The highest BCUT2D eigenvalue weighted by Gasteiger charge is 2.18. The van der Waals surface area contributed by atoms with Crippen molar-refractivity contribution in [3.05, 3.63) is 71.9 Å². The molecule has 29 heavy (non-hydrogen) atoms. The first-order chi connectivity index (χ1) is 14.2. The molecule has 1 aliphatic rings. The number of nitrogens with one attached hydrogen (secondary N) is 1. The maximum atomic E-state index is 12.8. The number of para-hydroxylation sites is 1. The molecule has 6 nitrogen and oxygen atoms in total. The van der Waals surface area contributed by atoms with Gasteiger partial charge in [-0.25, -0.2) is 9.97 Å². The van der Waals surface area contributed by atoms with Gasteiger partial charge in [0.05, 0.1) is 17.8 Å². The van der Waals surface area contributed by atoms with Gasteiger partial charge < -0.3 is 14.3 Å². The first-order valence-corrected chi connectivity index (χ1v) is 10.1. The third kappa shape index (κ3) is 3.31. The molecule has 6 heteroatoms. The van der Waals surface area contributed by atoms with Crippen LogP contribution in [0, 0.1) is 6.92 Å². The fourth-order valence-corrected chi connectivity index (χ4v) is 4.09. The molecule has 0 fully saturated rings. The van der Waals surface area contributed by atoms with Crippen molar-refractivity contribution in [2.24, 2.45) is 0 Å². The summed E-state index contributed by atoms with van der Waals surface area (Å²) in [5.74, 6) is 0.850. The molecule has 1 amide bonds. The Hall–Kier alpha value is -3.41. The predicted molar refractivity (Wildman–Crippen MR) is 113 cm³/mol. The normalized spacial score (nSPS) is 13.4. The Kier molecular flexibility index (Phi) is 4.39. The van der Waals surface area contributed by atoms with Crippen molar-refractivity contribution in [1.82, 2.24) is 18.9 Å². The number of rotatable bonds is 4. The SMILES string of the molecule is Cc1cccn2cc(CC(=O)Nc3ccccc3-c3ncc4n3CCCC4)nc12. The van der Waals surface area contributed by atoms with Gasteiger partial charge in [-0.05, 0) is 49.9 Å². The number of fused-ring (bicyclic) bond motifs is 2. The Labute approximate surface area is 169 Å². The van der Waals surface area contributed by atoms with Crippen LogP contribution in [0.2, 0.25) is 0 Å². The van der Waals surface area contributed by atoms with E-state index in [4.69, 9.17) is 0 Å². The maximum Gasteiger partial charge on any atom is 0.230 e. The van der Waals surface area contributed by atoms with Gasteiger partial charge in [-0.2, -0.15) is 0 Å². The first kappa shape index (κ1) is 17.7. The second kappa shape index (κ2) is 7.20. The minimum absolute atomic E-state index is 0.0797. The summed E-state index contributed by atoms with van der Waals surface area (Å²) in [7, 11) is 0. The Bertz CT molecular complexity index is 1200. The van der Waals surface area contributed by atoms with E-state index in [1.165, 1.54) is 12.1 Å². The maximum absolute atomic E-state index is 12.8. The lowest BCUT2D eigenvalue weighted by Gasteiger charge is -2.18. The number of amides is 1. The number of carbonyl (C=O) groups is 1. The fraction of sp³-hybridized carbons (Fsp3) is 0.261. The molecule has 0 aliphatic carbocycles. The second-order valence-corrected chi connectivity index (χ2v) is 7.61. The standard InChI is InChI=1S/C23H23N5O/c1-16-7-6-11-27-15-17(25-22(16)27)13-21(29)26-20-10-3-2-9-19(20)23-24-14-18-8-4-5-12-28(18)23/h2-3,6-7,9-11,14-15H,4-5,8,12-13H2,1H3,(H,26,29). The largest absolute Gasteiger partial charge is 0.328 e. The van der Waals surface area contributed by atoms with E-state index in [9.17, 15) is 4.79 Å². The van der Waals surface area contributed by atoms with Gasteiger partial charge in [0, 0.05) is 36.4 Å². The van der Waals surface area contributed by atoms with E-state index in [1.54, 1.807) is 0 Å². The number of carbonyl (C=O) groups excluding carboxylic acids is 1. The molecule has 1 aliphatic heterocycles. The van der Waals surface area contributed by atoms with Crippen LogP contribution in [-0.2, 0) is 24.2 Å². The molecule has 5 rings (SSSR count). The molecule has 1 aromatic carbocycles. The van der Waals surface area contributed by atoms with Crippen LogP contribution in [0.25, 0.3) is 17.0 Å². The van der Waals surface area contributed by atoms with Crippen molar-refractivity contribution in [3.8, 4) is 11.4 Å². The molecule has 4 heterocycles. The van der Waals surface area contributed by atoms with E-state index in [-0.39, 0.29) is 12.3 Å². The molecule has 146 valence electrons. The number of anilines is 1. The van der Waals surface area contributed by atoms with E-state index in [0.29, 0.717) is 0 Å². The van der Waals surface area contributed by atoms with Crippen molar-refractivity contribution >= 4 is 17.2 Å². The average Bonchev–Trinajstić information content (AvgIpc) is 3.33. The van der Waals surface area contributed by atoms with Gasteiger partial charge in [-0.3, -0.25) is 4.79 Å². The van der Waals surface area contributed by atoms with Crippen molar-refractivity contribution in [3.63, 3.8) is 0 Å². The van der Waals surface area contributed by atoms with Crippen molar-refractivity contribution in [1.29, 1.82) is 0 Å². The van der Waals surface area contributed by atoms with E-state index < -0.39 is 0 Å². The quantitative estimate of drug-likeness (QED) is 0.577. The number of hydrogen-bond acceptors (Lipinski definition) is 3. The van der Waals surface area contributed by atoms with Crippen LogP contribution in [0.5, 0.6) is 0 Å². The summed E-state index contributed by atoms with van der Waals surface area (Å²) in [6.45, 7) is 3.00. The van der Waals surface area contributed by atoms with Crippen LogP contribution in [0.15, 0.2) is 55.0 Å². The summed E-state index contributed by atoms with van der Waals surface area (Å²) in [5, 5.41) is 3.07. The number of benzene rings is 1. The van der Waals surface area contributed by atoms with Gasteiger partial charge in [0.1, 0.15) is 11.5 Å². The zero-order chi connectivity index (χ0) is 19.8. The monoisotopic (exact) mass is 385 g/mol. The van der Waals surface area contributed by atoms with Gasteiger partial charge in [-0.1, -0.05) is 18.2 Å². The second-order valence-electron chi connectivity index (χ2n) is 7.61. The van der Waals surface area contributed by atoms with Crippen molar-refractivity contribution in [2.45, 2.75) is 39.2 Å². The van der Waals surface area contributed by atoms with Crippen LogP contribution >= 0.6 is 0 Å². The smallest absolute Gasteiger partial charge is 0.230 e. The molecule has 0 spiro atoms.